The van der Waals surface area contributed by atoms with Gasteiger partial charge in [0, 0.05) is 19.8 Å². The highest BCUT2D eigenvalue weighted by Gasteiger charge is 2.17. The number of nitrogens with one attached hydrogen (secondary N) is 1. The van der Waals surface area contributed by atoms with Crippen LogP contribution in [0.4, 0.5) is 5.69 Å². The van der Waals surface area contributed by atoms with Gasteiger partial charge < -0.3 is 10.1 Å². The normalized spacial score (nSPS) is 11.3. The molecule has 1 N–H and O–H groups in total. The molecule has 128 valence electrons. The third kappa shape index (κ3) is 4.56. The Balaban J connectivity index is 2.02. The summed E-state index contributed by atoms with van der Waals surface area (Å²) in [6, 6.07) is 13.5. The smallest absolute Gasteiger partial charge is 0.262 e. The number of carbonyl (C=O) groups is 1. The number of ether oxygens (including phenoxy) is 1. The standard InChI is InChI=1S/C17H20N2O4S/c1-13-6-4-8-15(10-13)23-12-17(20)18-14-7-5-9-16(11-14)24(21,22)19(2)3/h4-11H,12H2,1-3H3,(H,18,20). The van der Waals surface area contributed by atoms with Crippen molar-refractivity contribution in [2.75, 3.05) is 26.0 Å². The van der Waals surface area contributed by atoms with Crippen LogP contribution < -0.4 is 10.1 Å². The minimum atomic E-state index is -3.54. The van der Waals surface area contributed by atoms with Crippen molar-refractivity contribution in [1.82, 2.24) is 4.31 Å². The van der Waals surface area contributed by atoms with E-state index in [9.17, 15) is 13.2 Å². The van der Waals surface area contributed by atoms with Crippen LogP contribution in [-0.2, 0) is 14.8 Å². The first-order valence-corrected chi connectivity index (χ1v) is 8.75. The molecular weight excluding hydrogens is 328 g/mol. The number of hydrogen-bond donors (Lipinski definition) is 1. The number of hydrogen-bond acceptors (Lipinski definition) is 4. The molecule has 0 spiro atoms. The average molecular weight is 348 g/mol. The summed E-state index contributed by atoms with van der Waals surface area (Å²) in [6.07, 6.45) is 0. The van der Waals surface area contributed by atoms with E-state index >= 15 is 0 Å². The Labute approximate surface area is 142 Å². The first kappa shape index (κ1) is 18.0. The number of benzene rings is 2. The van der Waals surface area contributed by atoms with E-state index < -0.39 is 10.0 Å². The summed E-state index contributed by atoms with van der Waals surface area (Å²) in [4.78, 5) is 12.1. The predicted molar refractivity (Wildman–Crippen MR) is 92.6 cm³/mol. The Morgan fingerprint density at radius 3 is 2.50 bits per heavy atom. The molecule has 0 heterocycles. The SMILES string of the molecule is Cc1cccc(OCC(=O)Nc2cccc(S(=O)(=O)N(C)C)c2)c1. The maximum atomic E-state index is 12.1. The first-order valence-electron chi connectivity index (χ1n) is 7.31. The van der Waals surface area contributed by atoms with E-state index in [1.54, 1.807) is 18.2 Å². The Morgan fingerprint density at radius 2 is 1.83 bits per heavy atom. The molecule has 0 fully saturated rings. The van der Waals surface area contributed by atoms with Gasteiger partial charge in [-0.15, -0.1) is 0 Å². The van der Waals surface area contributed by atoms with Gasteiger partial charge >= 0.3 is 0 Å². The third-order valence-electron chi connectivity index (χ3n) is 3.26. The fourth-order valence-corrected chi connectivity index (χ4v) is 2.94. The lowest BCUT2D eigenvalue weighted by Crippen LogP contribution is -2.23. The summed E-state index contributed by atoms with van der Waals surface area (Å²) >= 11 is 0. The molecule has 0 bridgehead atoms. The molecule has 0 aliphatic carbocycles. The summed E-state index contributed by atoms with van der Waals surface area (Å²) in [5.41, 5.74) is 1.44. The highest BCUT2D eigenvalue weighted by Crippen LogP contribution is 2.18. The minimum absolute atomic E-state index is 0.116. The molecule has 0 saturated carbocycles. The second-order valence-corrected chi connectivity index (χ2v) is 7.62. The zero-order chi connectivity index (χ0) is 17.7. The molecule has 0 aliphatic rings. The Bertz CT molecular complexity index is 832. The van der Waals surface area contributed by atoms with Gasteiger partial charge in [-0.25, -0.2) is 12.7 Å². The lowest BCUT2D eigenvalue weighted by atomic mass is 10.2. The molecule has 0 aromatic heterocycles. The van der Waals surface area contributed by atoms with Crippen LogP contribution in [0.1, 0.15) is 5.56 Å². The Morgan fingerprint density at radius 1 is 1.12 bits per heavy atom. The number of rotatable bonds is 6. The molecule has 7 heteroatoms. The monoisotopic (exact) mass is 348 g/mol. The lowest BCUT2D eigenvalue weighted by molar-refractivity contribution is -0.118. The van der Waals surface area contributed by atoms with Crippen molar-refractivity contribution in [3.63, 3.8) is 0 Å². The molecule has 0 saturated heterocycles. The quantitative estimate of drug-likeness (QED) is 0.869. The highest BCUT2D eigenvalue weighted by atomic mass is 32.2. The van der Waals surface area contributed by atoms with Crippen molar-refractivity contribution in [3.05, 3.63) is 54.1 Å². The molecule has 0 aliphatic heterocycles. The van der Waals surface area contributed by atoms with Gasteiger partial charge in [0.1, 0.15) is 5.75 Å². The van der Waals surface area contributed by atoms with E-state index in [-0.39, 0.29) is 17.4 Å². The summed E-state index contributed by atoms with van der Waals surface area (Å²) in [5.74, 6) is 0.241. The highest BCUT2D eigenvalue weighted by molar-refractivity contribution is 7.89. The molecular formula is C17H20N2O4S. The topological polar surface area (TPSA) is 75.7 Å². The minimum Gasteiger partial charge on any atom is -0.484 e. The van der Waals surface area contributed by atoms with Gasteiger partial charge in [0.15, 0.2) is 6.61 Å². The van der Waals surface area contributed by atoms with E-state index in [0.29, 0.717) is 11.4 Å². The molecule has 1 amide bonds. The van der Waals surface area contributed by atoms with E-state index in [4.69, 9.17) is 4.74 Å². The van der Waals surface area contributed by atoms with Crippen molar-refractivity contribution in [2.24, 2.45) is 0 Å². The molecule has 2 rings (SSSR count). The summed E-state index contributed by atoms with van der Waals surface area (Å²) in [6.45, 7) is 1.78. The maximum Gasteiger partial charge on any atom is 0.262 e. The molecule has 0 atom stereocenters. The van der Waals surface area contributed by atoms with Gasteiger partial charge in [0.25, 0.3) is 5.91 Å². The molecule has 24 heavy (non-hydrogen) atoms. The molecule has 6 nitrogen and oxygen atoms in total. The zero-order valence-electron chi connectivity index (χ0n) is 13.8. The second kappa shape index (κ2) is 7.46. The molecule has 2 aromatic carbocycles. The number of anilines is 1. The van der Waals surface area contributed by atoms with E-state index in [0.717, 1.165) is 9.87 Å². The number of nitrogens with zero attached hydrogens (tertiary/aromatic N) is 1. The van der Waals surface area contributed by atoms with Crippen molar-refractivity contribution in [3.8, 4) is 5.75 Å². The number of aryl methyl sites for hydroxylation is 1. The van der Waals surface area contributed by atoms with Crippen molar-refractivity contribution < 1.29 is 17.9 Å². The van der Waals surface area contributed by atoms with Crippen LogP contribution in [0, 0.1) is 6.92 Å². The lowest BCUT2D eigenvalue weighted by Gasteiger charge is -2.13. The predicted octanol–water partition coefficient (Wildman–Crippen LogP) is 2.26. The second-order valence-electron chi connectivity index (χ2n) is 5.47. The number of sulfonamides is 1. The van der Waals surface area contributed by atoms with Crippen LogP contribution in [0.3, 0.4) is 0 Å². The van der Waals surface area contributed by atoms with Gasteiger partial charge in [-0.3, -0.25) is 4.79 Å². The van der Waals surface area contributed by atoms with Crippen LogP contribution in [0.15, 0.2) is 53.4 Å². The van der Waals surface area contributed by atoms with Crippen LogP contribution in [-0.4, -0.2) is 39.3 Å². The molecule has 0 unspecified atom stereocenters. The van der Waals surface area contributed by atoms with Crippen LogP contribution in [0.5, 0.6) is 5.75 Å². The van der Waals surface area contributed by atoms with E-state index in [1.165, 1.54) is 26.2 Å². The molecule has 0 radical (unpaired) electrons. The van der Waals surface area contributed by atoms with Crippen LogP contribution >= 0.6 is 0 Å². The summed E-state index contributed by atoms with van der Waals surface area (Å²) in [7, 11) is -0.635. The fourth-order valence-electron chi connectivity index (χ4n) is 2.00. The fraction of sp³-hybridized carbons (Fsp3) is 0.235. The summed E-state index contributed by atoms with van der Waals surface area (Å²) < 4.78 is 30.7. The number of amides is 1. The van der Waals surface area contributed by atoms with Gasteiger partial charge in [-0.2, -0.15) is 0 Å². The van der Waals surface area contributed by atoms with Crippen molar-refractivity contribution >= 4 is 21.6 Å². The Hall–Kier alpha value is -2.38. The van der Waals surface area contributed by atoms with E-state index in [1.807, 2.05) is 25.1 Å². The maximum absolute atomic E-state index is 12.1. The average Bonchev–Trinajstić information content (AvgIpc) is 2.53. The largest absolute Gasteiger partial charge is 0.484 e. The molecule has 2 aromatic rings. The Kier molecular flexibility index (Phi) is 5.58. The van der Waals surface area contributed by atoms with Crippen LogP contribution in [0.25, 0.3) is 0 Å². The zero-order valence-corrected chi connectivity index (χ0v) is 14.6. The van der Waals surface area contributed by atoms with Crippen molar-refractivity contribution in [1.29, 1.82) is 0 Å². The van der Waals surface area contributed by atoms with Gasteiger partial charge in [0.2, 0.25) is 10.0 Å². The van der Waals surface area contributed by atoms with E-state index in [2.05, 4.69) is 5.32 Å². The van der Waals surface area contributed by atoms with Gasteiger partial charge in [0.05, 0.1) is 4.90 Å². The van der Waals surface area contributed by atoms with Crippen molar-refractivity contribution in [2.45, 2.75) is 11.8 Å². The number of carbonyl (C=O) groups excluding carboxylic acids is 1. The van der Waals surface area contributed by atoms with Gasteiger partial charge in [-0.05, 0) is 42.8 Å². The third-order valence-corrected chi connectivity index (χ3v) is 5.07. The van der Waals surface area contributed by atoms with Gasteiger partial charge in [-0.1, -0.05) is 18.2 Å². The first-order chi connectivity index (χ1) is 11.3. The van der Waals surface area contributed by atoms with Crippen LogP contribution in [0.2, 0.25) is 0 Å². The summed E-state index contributed by atoms with van der Waals surface area (Å²) in [5, 5.41) is 2.63.